The molecular formula is C16H25N3O2. The Morgan fingerprint density at radius 2 is 1.90 bits per heavy atom. The molecule has 2 N–H and O–H groups in total. The molecule has 0 aliphatic heterocycles. The van der Waals surface area contributed by atoms with E-state index in [0.29, 0.717) is 29.8 Å². The number of nitro benzene ring substituents is 1. The Hall–Kier alpha value is -1.78. The second-order valence-corrected chi connectivity index (χ2v) is 5.89. The van der Waals surface area contributed by atoms with Crippen LogP contribution in [0.1, 0.15) is 39.5 Å². The third kappa shape index (κ3) is 3.86. The van der Waals surface area contributed by atoms with E-state index in [1.807, 2.05) is 13.0 Å². The molecule has 116 valence electrons. The van der Waals surface area contributed by atoms with Crippen LogP contribution in [0.2, 0.25) is 0 Å². The highest BCUT2D eigenvalue weighted by Gasteiger charge is 2.23. The van der Waals surface area contributed by atoms with E-state index in [4.69, 9.17) is 0 Å². The van der Waals surface area contributed by atoms with Crippen molar-refractivity contribution in [2.45, 2.75) is 39.5 Å². The number of nitro groups is 1. The van der Waals surface area contributed by atoms with Gasteiger partial charge in [-0.25, -0.2) is 0 Å². The van der Waals surface area contributed by atoms with Gasteiger partial charge in [-0.3, -0.25) is 10.1 Å². The van der Waals surface area contributed by atoms with Crippen molar-refractivity contribution in [2.24, 2.45) is 11.8 Å². The van der Waals surface area contributed by atoms with Crippen LogP contribution in [0.5, 0.6) is 0 Å². The summed E-state index contributed by atoms with van der Waals surface area (Å²) < 4.78 is 0. The molecule has 1 aromatic carbocycles. The zero-order valence-corrected chi connectivity index (χ0v) is 12.9. The maximum atomic E-state index is 11.4. The summed E-state index contributed by atoms with van der Waals surface area (Å²) in [5.41, 5.74) is 1.36. The van der Waals surface area contributed by atoms with E-state index in [9.17, 15) is 10.1 Å². The molecule has 1 saturated carbocycles. The van der Waals surface area contributed by atoms with Gasteiger partial charge in [0.15, 0.2) is 0 Å². The van der Waals surface area contributed by atoms with Gasteiger partial charge in [0.25, 0.3) is 0 Å². The molecule has 1 aromatic rings. The van der Waals surface area contributed by atoms with Crippen LogP contribution in [0.15, 0.2) is 18.2 Å². The van der Waals surface area contributed by atoms with Crippen molar-refractivity contribution in [3.05, 3.63) is 28.3 Å². The second-order valence-electron chi connectivity index (χ2n) is 5.89. The molecule has 0 aromatic heterocycles. The Morgan fingerprint density at radius 3 is 2.52 bits per heavy atom. The molecule has 0 radical (unpaired) electrons. The fourth-order valence-corrected chi connectivity index (χ4v) is 3.15. The molecule has 0 saturated heterocycles. The van der Waals surface area contributed by atoms with Gasteiger partial charge in [0.2, 0.25) is 0 Å². The number of anilines is 2. The van der Waals surface area contributed by atoms with Gasteiger partial charge in [-0.2, -0.15) is 0 Å². The molecule has 2 unspecified atom stereocenters. The fourth-order valence-electron chi connectivity index (χ4n) is 3.15. The Bertz CT molecular complexity index is 490. The van der Waals surface area contributed by atoms with Gasteiger partial charge < -0.3 is 10.6 Å². The van der Waals surface area contributed by atoms with E-state index in [-0.39, 0.29) is 10.6 Å². The average molecular weight is 291 g/mol. The molecule has 2 rings (SSSR count). The minimum atomic E-state index is -0.301. The second kappa shape index (κ2) is 7.29. The Labute approximate surface area is 126 Å². The minimum Gasteiger partial charge on any atom is -0.380 e. The van der Waals surface area contributed by atoms with Crippen LogP contribution in [-0.2, 0) is 0 Å². The van der Waals surface area contributed by atoms with E-state index in [0.717, 1.165) is 6.54 Å². The Balaban J connectivity index is 2.11. The van der Waals surface area contributed by atoms with Gasteiger partial charge in [-0.05, 0) is 37.3 Å². The smallest absolute Gasteiger partial charge is 0.315 e. The lowest BCUT2D eigenvalue weighted by Crippen LogP contribution is -2.24. The van der Waals surface area contributed by atoms with Crippen molar-refractivity contribution in [1.82, 2.24) is 0 Å². The number of hydrogen-bond acceptors (Lipinski definition) is 4. The molecule has 1 aliphatic carbocycles. The number of rotatable bonds is 6. The van der Waals surface area contributed by atoms with E-state index in [1.165, 1.54) is 25.7 Å². The fraction of sp³-hybridized carbons (Fsp3) is 0.625. The molecule has 0 heterocycles. The van der Waals surface area contributed by atoms with Crippen molar-refractivity contribution in [3.8, 4) is 0 Å². The topological polar surface area (TPSA) is 67.2 Å². The van der Waals surface area contributed by atoms with Crippen molar-refractivity contribution < 1.29 is 4.92 Å². The van der Waals surface area contributed by atoms with Gasteiger partial charge >= 0.3 is 5.69 Å². The van der Waals surface area contributed by atoms with E-state index in [2.05, 4.69) is 17.6 Å². The first-order valence-electron chi connectivity index (χ1n) is 7.88. The lowest BCUT2D eigenvalue weighted by Gasteiger charge is -2.29. The largest absolute Gasteiger partial charge is 0.380 e. The summed E-state index contributed by atoms with van der Waals surface area (Å²) in [6.45, 7) is 5.71. The van der Waals surface area contributed by atoms with Crippen LogP contribution in [0.25, 0.3) is 0 Å². The summed E-state index contributed by atoms with van der Waals surface area (Å²) in [6.07, 6.45) is 5.07. The van der Waals surface area contributed by atoms with E-state index < -0.39 is 0 Å². The first-order valence-corrected chi connectivity index (χ1v) is 7.88. The van der Waals surface area contributed by atoms with Gasteiger partial charge in [-0.15, -0.1) is 0 Å². The molecule has 0 amide bonds. The number of hydrogen-bond donors (Lipinski definition) is 2. The zero-order valence-electron chi connectivity index (χ0n) is 12.9. The third-order valence-corrected chi connectivity index (χ3v) is 4.43. The summed E-state index contributed by atoms with van der Waals surface area (Å²) in [5, 5.41) is 17.7. The van der Waals surface area contributed by atoms with Crippen molar-refractivity contribution in [2.75, 3.05) is 23.7 Å². The predicted molar refractivity (Wildman–Crippen MR) is 86.9 cm³/mol. The first kappa shape index (κ1) is 15.6. The SMILES string of the molecule is CCNc1cccc(NCC2CCCCC2C)c1[N+](=O)[O-]. The number of nitrogens with one attached hydrogen (secondary N) is 2. The number of benzene rings is 1. The molecule has 0 bridgehead atoms. The van der Waals surface area contributed by atoms with Gasteiger partial charge in [0.05, 0.1) is 4.92 Å². The first-order chi connectivity index (χ1) is 10.1. The van der Waals surface area contributed by atoms with Crippen molar-refractivity contribution >= 4 is 17.1 Å². The summed E-state index contributed by atoms with van der Waals surface area (Å²) >= 11 is 0. The quantitative estimate of drug-likeness (QED) is 0.607. The molecule has 21 heavy (non-hydrogen) atoms. The zero-order chi connectivity index (χ0) is 15.2. The summed E-state index contributed by atoms with van der Waals surface area (Å²) in [4.78, 5) is 11.1. The van der Waals surface area contributed by atoms with E-state index in [1.54, 1.807) is 12.1 Å². The van der Waals surface area contributed by atoms with Crippen LogP contribution < -0.4 is 10.6 Å². The van der Waals surface area contributed by atoms with E-state index >= 15 is 0 Å². The highest BCUT2D eigenvalue weighted by molar-refractivity contribution is 5.76. The van der Waals surface area contributed by atoms with Gasteiger partial charge in [0.1, 0.15) is 11.4 Å². The molecule has 1 aliphatic rings. The average Bonchev–Trinajstić information content (AvgIpc) is 2.46. The monoisotopic (exact) mass is 291 g/mol. The van der Waals surface area contributed by atoms with Crippen LogP contribution in [-0.4, -0.2) is 18.0 Å². The van der Waals surface area contributed by atoms with Crippen LogP contribution in [0.4, 0.5) is 17.1 Å². The van der Waals surface area contributed by atoms with Crippen molar-refractivity contribution in [1.29, 1.82) is 0 Å². The van der Waals surface area contributed by atoms with Crippen LogP contribution >= 0.6 is 0 Å². The molecule has 2 atom stereocenters. The molecule has 5 heteroatoms. The predicted octanol–water partition coefficient (Wildman–Crippen LogP) is 4.26. The van der Waals surface area contributed by atoms with Crippen LogP contribution in [0.3, 0.4) is 0 Å². The van der Waals surface area contributed by atoms with Crippen LogP contribution in [0, 0.1) is 22.0 Å². The highest BCUT2D eigenvalue weighted by Crippen LogP contribution is 2.34. The number of para-hydroxylation sites is 1. The summed E-state index contributed by atoms with van der Waals surface area (Å²) in [7, 11) is 0. The highest BCUT2D eigenvalue weighted by atomic mass is 16.6. The molecule has 1 fully saturated rings. The van der Waals surface area contributed by atoms with Gasteiger partial charge in [0, 0.05) is 13.1 Å². The number of nitrogens with zero attached hydrogens (tertiary/aromatic N) is 1. The maximum Gasteiger partial charge on any atom is 0.315 e. The molecular weight excluding hydrogens is 266 g/mol. The summed E-state index contributed by atoms with van der Waals surface area (Å²) in [6, 6.07) is 5.42. The lowest BCUT2D eigenvalue weighted by atomic mass is 9.80. The standard InChI is InChI=1S/C16H25N3O2/c1-3-17-14-9-6-10-15(16(14)19(20)21)18-11-13-8-5-4-7-12(13)2/h6,9-10,12-13,17-18H,3-5,7-8,11H2,1-2H3. The molecule has 5 nitrogen and oxygen atoms in total. The normalized spacial score (nSPS) is 21.8. The molecule has 0 spiro atoms. The van der Waals surface area contributed by atoms with Crippen molar-refractivity contribution in [3.63, 3.8) is 0 Å². The Kier molecular flexibility index (Phi) is 5.42. The minimum absolute atomic E-state index is 0.155. The van der Waals surface area contributed by atoms with Gasteiger partial charge in [-0.1, -0.05) is 32.3 Å². The summed E-state index contributed by atoms with van der Waals surface area (Å²) in [5.74, 6) is 1.31. The maximum absolute atomic E-state index is 11.4. The lowest BCUT2D eigenvalue weighted by molar-refractivity contribution is -0.383. The Morgan fingerprint density at radius 1 is 1.24 bits per heavy atom. The third-order valence-electron chi connectivity index (χ3n) is 4.43.